The maximum absolute atomic E-state index is 12.4. The number of anilines is 2. The van der Waals surface area contributed by atoms with Crippen LogP contribution in [0.2, 0.25) is 0 Å². The number of hydrogen-bond acceptors (Lipinski definition) is 4. The molecule has 6 nitrogen and oxygen atoms in total. The lowest BCUT2D eigenvalue weighted by molar-refractivity contribution is -0.114. The fourth-order valence-corrected chi connectivity index (χ4v) is 3.95. The molecule has 7 heteroatoms. The zero-order chi connectivity index (χ0) is 20.2. The van der Waals surface area contributed by atoms with E-state index >= 15 is 0 Å². The average molecular weight is 390 g/mol. The van der Waals surface area contributed by atoms with Crippen LogP contribution in [-0.2, 0) is 21.2 Å². The van der Waals surface area contributed by atoms with Crippen LogP contribution in [0.3, 0.4) is 0 Å². The van der Waals surface area contributed by atoms with Gasteiger partial charge in [-0.3, -0.25) is 4.79 Å². The number of rotatable bonds is 7. The number of nitrogens with zero attached hydrogens (tertiary/aromatic N) is 1. The van der Waals surface area contributed by atoms with Crippen molar-refractivity contribution in [3.63, 3.8) is 0 Å². The van der Waals surface area contributed by atoms with E-state index in [0.29, 0.717) is 11.3 Å². The van der Waals surface area contributed by atoms with Gasteiger partial charge in [0.2, 0.25) is 15.9 Å². The fourth-order valence-electron chi connectivity index (χ4n) is 2.80. The maximum atomic E-state index is 12.4. The van der Waals surface area contributed by atoms with E-state index in [1.165, 1.54) is 20.2 Å². The zero-order valence-corrected chi connectivity index (χ0v) is 17.3. The van der Waals surface area contributed by atoms with Crippen LogP contribution >= 0.6 is 0 Å². The van der Waals surface area contributed by atoms with E-state index in [1.807, 2.05) is 25.1 Å². The molecule has 2 aromatic carbocycles. The van der Waals surface area contributed by atoms with Gasteiger partial charge in [-0.2, -0.15) is 0 Å². The zero-order valence-electron chi connectivity index (χ0n) is 16.5. The standard InChI is InChI=1S/C20H27N3O3S/c1-6-16-9-7-8-15(3)20(16)21-13-19(24)22-17-11-10-14(2)18(12-17)27(25,26)23(4)5/h7-12,21H,6,13H2,1-5H3,(H,22,24). The molecule has 0 spiro atoms. The minimum atomic E-state index is -3.57. The first-order valence-electron chi connectivity index (χ1n) is 8.82. The average Bonchev–Trinajstić information content (AvgIpc) is 2.61. The molecule has 0 saturated carbocycles. The van der Waals surface area contributed by atoms with Gasteiger partial charge in [0.25, 0.3) is 0 Å². The SMILES string of the molecule is CCc1cccc(C)c1NCC(=O)Nc1ccc(C)c(S(=O)(=O)N(C)C)c1. The van der Waals surface area contributed by atoms with Crippen molar-refractivity contribution in [2.45, 2.75) is 32.1 Å². The Balaban J connectivity index is 2.13. The quantitative estimate of drug-likeness (QED) is 0.762. The molecule has 1 amide bonds. The second-order valence-electron chi connectivity index (χ2n) is 6.63. The highest BCUT2D eigenvalue weighted by Crippen LogP contribution is 2.23. The fraction of sp³-hybridized carbons (Fsp3) is 0.350. The van der Waals surface area contributed by atoms with Crippen LogP contribution in [0.25, 0.3) is 0 Å². The number of amides is 1. The molecule has 0 saturated heterocycles. The van der Waals surface area contributed by atoms with Crippen LogP contribution in [0, 0.1) is 13.8 Å². The van der Waals surface area contributed by atoms with E-state index in [4.69, 9.17) is 0 Å². The number of aryl methyl sites for hydroxylation is 3. The van der Waals surface area contributed by atoms with Gasteiger partial charge < -0.3 is 10.6 Å². The first kappa shape index (κ1) is 20.9. The van der Waals surface area contributed by atoms with Gasteiger partial charge in [-0.15, -0.1) is 0 Å². The first-order chi connectivity index (χ1) is 12.7. The molecule has 0 radical (unpaired) electrons. The van der Waals surface area contributed by atoms with Crippen molar-refractivity contribution in [2.75, 3.05) is 31.3 Å². The van der Waals surface area contributed by atoms with Crippen LogP contribution in [0.5, 0.6) is 0 Å². The summed E-state index contributed by atoms with van der Waals surface area (Å²) >= 11 is 0. The van der Waals surface area contributed by atoms with Crippen molar-refractivity contribution in [3.8, 4) is 0 Å². The Kier molecular flexibility index (Phi) is 6.62. The lowest BCUT2D eigenvalue weighted by atomic mass is 10.1. The second-order valence-corrected chi connectivity index (χ2v) is 8.75. The minimum Gasteiger partial charge on any atom is -0.376 e. The van der Waals surface area contributed by atoms with Gasteiger partial charge in [0.05, 0.1) is 11.4 Å². The van der Waals surface area contributed by atoms with Crippen LogP contribution in [0.15, 0.2) is 41.3 Å². The number of benzene rings is 2. The minimum absolute atomic E-state index is 0.0987. The molecule has 2 rings (SSSR count). The van der Waals surface area contributed by atoms with Gasteiger partial charge >= 0.3 is 0 Å². The Bertz CT molecular complexity index is 937. The molecule has 146 valence electrons. The van der Waals surface area contributed by atoms with Gasteiger partial charge in [-0.1, -0.05) is 31.2 Å². The van der Waals surface area contributed by atoms with Crippen molar-refractivity contribution >= 4 is 27.3 Å². The molecule has 0 aromatic heterocycles. The summed E-state index contributed by atoms with van der Waals surface area (Å²) < 4.78 is 26.0. The molecule has 0 unspecified atom stereocenters. The lowest BCUT2D eigenvalue weighted by Crippen LogP contribution is -2.24. The number of sulfonamides is 1. The van der Waals surface area contributed by atoms with Crippen molar-refractivity contribution in [1.82, 2.24) is 4.31 Å². The van der Waals surface area contributed by atoms with Gasteiger partial charge in [-0.25, -0.2) is 12.7 Å². The molecule has 0 fully saturated rings. The summed E-state index contributed by atoms with van der Waals surface area (Å²) in [5, 5.41) is 5.95. The molecule has 0 atom stereocenters. The Morgan fingerprint density at radius 2 is 1.78 bits per heavy atom. The van der Waals surface area contributed by atoms with E-state index < -0.39 is 10.0 Å². The van der Waals surface area contributed by atoms with Gasteiger partial charge in [0, 0.05) is 25.5 Å². The number of carbonyl (C=O) groups excluding carboxylic acids is 1. The predicted octanol–water partition coefficient (Wildman–Crippen LogP) is 3.17. The third-order valence-corrected chi connectivity index (χ3v) is 6.35. The summed E-state index contributed by atoms with van der Waals surface area (Å²) in [6.45, 7) is 5.90. The normalized spacial score (nSPS) is 11.5. The number of nitrogens with one attached hydrogen (secondary N) is 2. The molecule has 27 heavy (non-hydrogen) atoms. The van der Waals surface area contributed by atoms with E-state index in [-0.39, 0.29) is 17.3 Å². The van der Waals surface area contributed by atoms with Crippen LogP contribution in [-0.4, -0.2) is 39.3 Å². The molecule has 0 aliphatic heterocycles. The molecule has 0 bridgehead atoms. The Morgan fingerprint density at radius 1 is 1.07 bits per heavy atom. The second kappa shape index (κ2) is 8.54. The van der Waals surface area contributed by atoms with Crippen LogP contribution in [0.1, 0.15) is 23.6 Å². The van der Waals surface area contributed by atoms with E-state index in [0.717, 1.165) is 27.5 Å². The third-order valence-electron chi connectivity index (χ3n) is 4.40. The van der Waals surface area contributed by atoms with Gasteiger partial charge in [0.1, 0.15) is 0 Å². The molecule has 0 aliphatic carbocycles. The van der Waals surface area contributed by atoms with Crippen molar-refractivity contribution < 1.29 is 13.2 Å². The summed E-state index contributed by atoms with van der Waals surface area (Å²) in [7, 11) is -0.602. The van der Waals surface area contributed by atoms with E-state index in [9.17, 15) is 13.2 Å². The molecule has 2 N–H and O–H groups in total. The molecule has 0 aliphatic rings. The monoisotopic (exact) mass is 389 g/mol. The Labute approximate surface area is 161 Å². The molecular weight excluding hydrogens is 362 g/mol. The summed E-state index contributed by atoms with van der Waals surface area (Å²) in [6, 6.07) is 10.9. The summed E-state index contributed by atoms with van der Waals surface area (Å²) in [5.41, 5.74) is 4.28. The van der Waals surface area contributed by atoms with E-state index in [2.05, 4.69) is 17.6 Å². The number of hydrogen-bond donors (Lipinski definition) is 2. The number of para-hydroxylation sites is 1. The van der Waals surface area contributed by atoms with Crippen LogP contribution in [0.4, 0.5) is 11.4 Å². The number of carbonyl (C=O) groups is 1. The first-order valence-corrected chi connectivity index (χ1v) is 10.3. The molecule has 2 aromatic rings. The topological polar surface area (TPSA) is 78.5 Å². The third kappa shape index (κ3) is 4.87. The summed E-state index contributed by atoms with van der Waals surface area (Å²) in [5.74, 6) is -0.239. The van der Waals surface area contributed by atoms with Gasteiger partial charge in [-0.05, 0) is 49.1 Å². The Hall–Kier alpha value is -2.38. The smallest absolute Gasteiger partial charge is 0.243 e. The summed E-state index contributed by atoms with van der Waals surface area (Å²) in [6.07, 6.45) is 0.870. The van der Waals surface area contributed by atoms with Crippen LogP contribution < -0.4 is 10.6 Å². The lowest BCUT2D eigenvalue weighted by Gasteiger charge is -2.16. The van der Waals surface area contributed by atoms with Crippen molar-refractivity contribution in [1.29, 1.82) is 0 Å². The van der Waals surface area contributed by atoms with Crippen molar-refractivity contribution in [2.24, 2.45) is 0 Å². The molecular formula is C20H27N3O3S. The molecule has 0 heterocycles. The highest BCUT2D eigenvalue weighted by Gasteiger charge is 2.20. The maximum Gasteiger partial charge on any atom is 0.243 e. The van der Waals surface area contributed by atoms with Gasteiger partial charge in [0.15, 0.2) is 0 Å². The predicted molar refractivity (Wildman–Crippen MR) is 110 cm³/mol. The Morgan fingerprint density at radius 3 is 2.41 bits per heavy atom. The highest BCUT2D eigenvalue weighted by molar-refractivity contribution is 7.89. The highest BCUT2D eigenvalue weighted by atomic mass is 32.2. The van der Waals surface area contributed by atoms with E-state index in [1.54, 1.807) is 19.1 Å². The largest absolute Gasteiger partial charge is 0.376 e. The summed E-state index contributed by atoms with van der Waals surface area (Å²) in [4.78, 5) is 12.5. The van der Waals surface area contributed by atoms with Crippen molar-refractivity contribution in [3.05, 3.63) is 53.1 Å².